The molecule has 0 aliphatic heterocycles. The minimum absolute atomic E-state index is 0.104. The molecular formula is C12H6FN3O3. The van der Waals surface area contributed by atoms with Crippen molar-refractivity contribution in [3.8, 4) is 17.8 Å². The van der Waals surface area contributed by atoms with Crippen LogP contribution >= 0.6 is 0 Å². The SMILES string of the molecule is N#Cc1ccc(Oc2ncc(C(=O)O)cn2)c(F)c1. The Morgan fingerprint density at radius 2 is 2.05 bits per heavy atom. The first-order valence-electron chi connectivity index (χ1n) is 5.03. The molecule has 7 heteroatoms. The van der Waals surface area contributed by atoms with Gasteiger partial charge in [-0.15, -0.1) is 0 Å². The van der Waals surface area contributed by atoms with Crippen LogP contribution in [0.1, 0.15) is 15.9 Å². The Hall–Kier alpha value is -3.01. The van der Waals surface area contributed by atoms with E-state index in [2.05, 4.69) is 9.97 Å². The number of nitrogens with zero attached hydrogens (tertiary/aromatic N) is 3. The maximum absolute atomic E-state index is 13.5. The lowest BCUT2D eigenvalue weighted by Gasteiger charge is -2.04. The fourth-order valence-corrected chi connectivity index (χ4v) is 1.23. The van der Waals surface area contributed by atoms with E-state index >= 15 is 0 Å². The number of carbonyl (C=O) groups is 1. The van der Waals surface area contributed by atoms with Crippen molar-refractivity contribution < 1.29 is 19.0 Å². The Kier molecular flexibility index (Phi) is 3.34. The molecule has 19 heavy (non-hydrogen) atoms. The molecule has 2 aromatic rings. The molecule has 0 radical (unpaired) electrons. The minimum atomic E-state index is -1.17. The fraction of sp³-hybridized carbons (Fsp3) is 0. The zero-order chi connectivity index (χ0) is 13.8. The number of benzene rings is 1. The van der Waals surface area contributed by atoms with Gasteiger partial charge in [0.15, 0.2) is 11.6 Å². The standard InChI is InChI=1S/C12H6FN3O3/c13-9-3-7(4-14)1-2-10(9)19-12-15-5-8(6-16-12)11(17)18/h1-3,5-6H,(H,17,18). The minimum Gasteiger partial charge on any atom is -0.478 e. The monoisotopic (exact) mass is 259 g/mol. The highest BCUT2D eigenvalue weighted by molar-refractivity contribution is 5.86. The summed E-state index contributed by atoms with van der Waals surface area (Å²) in [5, 5.41) is 17.2. The van der Waals surface area contributed by atoms with Gasteiger partial charge in [0, 0.05) is 12.4 Å². The van der Waals surface area contributed by atoms with Crippen molar-refractivity contribution in [2.75, 3.05) is 0 Å². The van der Waals surface area contributed by atoms with E-state index in [0.29, 0.717) is 0 Å². The van der Waals surface area contributed by atoms with E-state index < -0.39 is 11.8 Å². The van der Waals surface area contributed by atoms with Gasteiger partial charge in [0.1, 0.15) is 0 Å². The highest BCUT2D eigenvalue weighted by Crippen LogP contribution is 2.22. The largest absolute Gasteiger partial charge is 0.478 e. The molecule has 0 spiro atoms. The molecule has 94 valence electrons. The van der Waals surface area contributed by atoms with Crippen molar-refractivity contribution in [3.05, 3.63) is 47.5 Å². The van der Waals surface area contributed by atoms with Crippen LogP contribution in [-0.2, 0) is 0 Å². The summed E-state index contributed by atoms with van der Waals surface area (Å²) in [4.78, 5) is 17.8. The summed E-state index contributed by atoms with van der Waals surface area (Å²) in [7, 11) is 0. The van der Waals surface area contributed by atoms with Crippen LogP contribution in [0, 0.1) is 17.1 Å². The Bertz CT molecular complexity index is 665. The summed E-state index contributed by atoms with van der Waals surface area (Å²) < 4.78 is 18.5. The third kappa shape index (κ3) is 2.81. The highest BCUT2D eigenvalue weighted by Gasteiger charge is 2.09. The average molecular weight is 259 g/mol. The van der Waals surface area contributed by atoms with Gasteiger partial charge in [0.05, 0.1) is 17.2 Å². The Morgan fingerprint density at radius 3 is 2.58 bits per heavy atom. The lowest BCUT2D eigenvalue weighted by molar-refractivity contribution is 0.0696. The normalized spacial score (nSPS) is 9.68. The van der Waals surface area contributed by atoms with Gasteiger partial charge in [0.2, 0.25) is 0 Å². The first-order valence-corrected chi connectivity index (χ1v) is 5.03. The lowest BCUT2D eigenvalue weighted by Crippen LogP contribution is -2.00. The third-order valence-electron chi connectivity index (χ3n) is 2.14. The molecule has 0 atom stereocenters. The van der Waals surface area contributed by atoms with Crippen molar-refractivity contribution >= 4 is 5.97 Å². The summed E-state index contributed by atoms with van der Waals surface area (Å²) in [5.41, 5.74) is 0.0552. The zero-order valence-electron chi connectivity index (χ0n) is 9.37. The molecule has 0 saturated carbocycles. The number of hydrogen-bond donors (Lipinski definition) is 1. The van der Waals surface area contributed by atoms with E-state index in [1.54, 1.807) is 6.07 Å². The second kappa shape index (κ2) is 5.10. The Balaban J connectivity index is 2.22. The van der Waals surface area contributed by atoms with Gasteiger partial charge in [-0.2, -0.15) is 5.26 Å². The number of ether oxygens (including phenoxy) is 1. The number of carboxylic acid groups (broad SMARTS) is 1. The van der Waals surface area contributed by atoms with Crippen LogP contribution in [0.15, 0.2) is 30.6 Å². The van der Waals surface area contributed by atoms with Crippen molar-refractivity contribution in [3.63, 3.8) is 0 Å². The van der Waals surface area contributed by atoms with Gasteiger partial charge in [-0.3, -0.25) is 0 Å². The molecule has 1 heterocycles. The number of aromatic nitrogens is 2. The van der Waals surface area contributed by atoms with Gasteiger partial charge < -0.3 is 9.84 Å². The molecule has 1 aromatic heterocycles. The van der Waals surface area contributed by atoms with Gasteiger partial charge >= 0.3 is 12.0 Å². The van der Waals surface area contributed by atoms with E-state index in [1.165, 1.54) is 12.1 Å². The van der Waals surface area contributed by atoms with Crippen LogP contribution in [0.3, 0.4) is 0 Å². The maximum atomic E-state index is 13.5. The highest BCUT2D eigenvalue weighted by atomic mass is 19.1. The molecule has 6 nitrogen and oxygen atoms in total. The van der Waals surface area contributed by atoms with Crippen LogP contribution in [-0.4, -0.2) is 21.0 Å². The van der Waals surface area contributed by atoms with E-state index in [-0.39, 0.29) is 22.9 Å². The Morgan fingerprint density at radius 1 is 1.37 bits per heavy atom. The summed E-state index contributed by atoms with van der Waals surface area (Å²) in [5.74, 6) is -2.05. The number of hydrogen-bond acceptors (Lipinski definition) is 5. The van der Waals surface area contributed by atoms with E-state index in [4.69, 9.17) is 15.1 Å². The van der Waals surface area contributed by atoms with Crippen LogP contribution < -0.4 is 4.74 Å². The fourth-order valence-electron chi connectivity index (χ4n) is 1.23. The van der Waals surface area contributed by atoms with Gasteiger partial charge in [-0.1, -0.05) is 0 Å². The molecule has 2 rings (SSSR count). The second-order valence-electron chi connectivity index (χ2n) is 3.42. The average Bonchev–Trinajstić information content (AvgIpc) is 2.41. The lowest BCUT2D eigenvalue weighted by atomic mass is 10.2. The number of aromatic carboxylic acids is 1. The number of nitriles is 1. The molecule has 0 saturated heterocycles. The summed E-state index contributed by atoms with van der Waals surface area (Å²) in [6.07, 6.45) is 2.10. The Labute approximate surface area is 106 Å². The van der Waals surface area contributed by atoms with E-state index in [9.17, 15) is 9.18 Å². The van der Waals surface area contributed by atoms with Crippen molar-refractivity contribution in [1.29, 1.82) is 5.26 Å². The number of halogens is 1. The summed E-state index contributed by atoms with van der Waals surface area (Å²) in [6.45, 7) is 0. The molecule has 0 bridgehead atoms. The predicted octanol–water partition coefficient (Wildman–Crippen LogP) is 1.98. The first kappa shape index (κ1) is 12.4. The molecule has 0 fully saturated rings. The van der Waals surface area contributed by atoms with Crippen molar-refractivity contribution in [2.45, 2.75) is 0 Å². The molecule has 0 aliphatic rings. The molecule has 1 aromatic carbocycles. The first-order chi connectivity index (χ1) is 9.10. The predicted molar refractivity (Wildman–Crippen MR) is 60.2 cm³/mol. The maximum Gasteiger partial charge on any atom is 0.338 e. The molecule has 1 N–H and O–H groups in total. The van der Waals surface area contributed by atoms with Crippen molar-refractivity contribution in [2.24, 2.45) is 0 Å². The summed E-state index contributed by atoms with van der Waals surface area (Å²) in [6, 6.07) is 5.26. The molecule has 0 unspecified atom stereocenters. The van der Waals surface area contributed by atoms with Gasteiger partial charge in [-0.05, 0) is 18.2 Å². The smallest absolute Gasteiger partial charge is 0.338 e. The summed E-state index contributed by atoms with van der Waals surface area (Å²) >= 11 is 0. The van der Waals surface area contributed by atoms with Crippen molar-refractivity contribution in [1.82, 2.24) is 9.97 Å². The van der Waals surface area contributed by atoms with Crippen LogP contribution in [0.2, 0.25) is 0 Å². The van der Waals surface area contributed by atoms with Gasteiger partial charge in [-0.25, -0.2) is 19.2 Å². The molecular weight excluding hydrogens is 253 g/mol. The topological polar surface area (TPSA) is 96.1 Å². The number of rotatable bonds is 3. The van der Waals surface area contributed by atoms with Gasteiger partial charge in [0.25, 0.3) is 0 Å². The van der Waals surface area contributed by atoms with Crippen LogP contribution in [0.25, 0.3) is 0 Å². The number of carboxylic acids is 1. The van der Waals surface area contributed by atoms with E-state index in [1.807, 2.05) is 0 Å². The van der Waals surface area contributed by atoms with Crippen LogP contribution in [0.4, 0.5) is 4.39 Å². The zero-order valence-corrected chi connectivity index (χ0v) is 9.37. The van der Waals surface area contributed by atoms with E-state index in [0.717, 1.165) is 18.5 Å². The van der Waals surface area contributed by atoms with Crippen LogP contribution in [0.5, 0.6) is 11.8 Å². The third-order valence-corrected chi connectivity index (χ3v) is 2.14. The molecule has 0 amide bonds. The quantitative estimate of drug-likeness (QED) is 0.905. The second-order valence-corrected chi connectivity index (χ2v) is 3.42. The molecule has 0 aliphatic carbocycles.